The third kappa shape index (κ3) is 13.7. The molecule has 0 radical (unpaired) electrons. The topological polar surface area (TPSA) is 52.6 Å². The zero-order valence-corrected chi connectivity index (χ0v) is 14.2. The molecule has 0 aromatic carbocycles. The van der Waals surface area contributed by atoms with E-state index in [1.807, 2.05) is 6.92 Å². The maximum Gasteiger partial charge on any atom is 0.317 e. The van der Waals surface area contributed by atoms with Gasteiger partial charge in [-0.2, -0.15) is 0 Å². The summed E-state index contributed by atoms with van der Waals surface area (Å²) < 4.78 is 10.2. The van der Waals surface area contributed by atoms with Crippen molar-refractivity contribution >= 4 is 11.9 Å². The van der Waals surface area contributed by atoms with Crippen molar-refractivity contribution in [3.63, 3.8) is 0 Å². The summed E-state index contributed by atoms with van der Waals surface area (Å²) in [5.41, 5.74) is 0. The third-order valence-corrected chi connectivity index (χ3v) is 3.19. The fourth-order valence-corrected chi connectivity index (χ4v) is 2.22. The zero-order chi connectivity index (χ0) is 16.1. The minimum Gasteiger partial charge on any atom is -0.465 e. The van der Waals surface area contributed by atoms with Crippen molar-refractivity contribution in [3.05, 3.63) is 0 Å². The number of carbonyl (C=O) groups is 2. The van der Waals surface area contributed by atoms with Crippen LogP contribution in [0.4, 0.5) is 0 Å². The molecule has 4 nitrogen and oxygen atoms in total. The fourth-order valence-electron chi connectivity index (χ4n) is 2.22. The third-order valence-electron chi connectivity index (χ3n) is 3.19. The van der Waals surface area contributed by atoms with E-state index in [2.05, 4.69) is 20.8 Å². The first-order valence-corrected chi connectivity index (χ1v) is 8.30. The quantitative estimate of drug-likeness (QED) is 0.307. The molecule has 0 saturated heterocycles. The Morgan fingerprint density at radius 3 is 2.14 bits per heavy atom. The van der Waals surface area contributed by atoms with Gasteiger partial charge < -0.3 is 9.47 Å². The molecule has 0 aliphatic heterocycles. The van der Waals surface area contributed by atoms with Gasteiger partial charge in [-0.3, -0.25) is 9.59 Å². The molecule has 0 rings (SSSR count). The maximum absolute atomic E-state index is 11.5. The summed E-state index contributed by atoms with van der Waals surface area (Å²) in [6, 6.07) is 0. The van der Waals surface area contributed by atoms with Crippen LogP contribution in [0.15, 0.2) is 0 Å². The molecule has 124 valence electrons. The van der Waals surface area contributed by atoms with Gasteiger partial charge in [0, 0.05) is 0 Å². The van der Waals surface area contributed by atoms with Crippen LogP contribution in [-0.2, 0) is 19.1 Å². The maximum atomic E-state index is 11.5. The molecule has 4 heteroatoms. The number of carbonyl (C=O) groups excluding carboxylic acids is 2. The lowest BCUT2D eigenvalue weighted by molar-refractivity contribution is -0.157. The molecule has 1 atom stereocenters. The van der Waals surface area contributed by atoms with E-state index in [0.717, 1.165) is 19.3 Å². The van der Waals surface area contributed by atoms with E-state index < -0.39 is 11.9 Å². The molecule has 0 saturated carbocycles. The lowest BCUT2D eigenvalue weighted by atomic mass is 10.1. The van der Waals surface area contributed by atoms with Gasteiger partial charge in [-0.15, -0.1) is 0 Å². The van der Waals surface area contributed by atoms with Crippen molar-refractivity contribution in [2.45, 2.75) is 85.2 Å². The number of unbranched alkanes of at least 4 members (excludes halogenated alkanes) is 5. The lowest BCUT2D eigenvalue weighted by Crippen LogP contribution is -2.20. The Kier molecular flexibility index (Phi) is 12.0. The Morgan fingerprint density at radius 2 is 1.52 bits per heavy atom. The summed E-state index contributed by atoms with van der Waals surface area (Å²) in [6.07, 6.45) is 7.23. The molecule has 0 aromatic rings. The van der Waals surface area contributed by atoms with Gasteiger partial charge >= 0.3 is 11.9 Å². The van der Waals surface area contributed by atoms with Gasteiger partial charge in [0.2, 0.25) is 0 Å². The van der Waals surface area contributed by atoms with E-state index in [4.69, 9.17) is 9.47 Å². The Balaban J connectivity index is 3.58. The second-order valence-corrected chi connectivity index (χ2v) is 6.10. The van der Waals surface area contributed by atoms with E-state index in [1.54, 1.807) is 0 Å². The van der Waals surface area contributed by atoms with Crippen LogP contribution in [-0.4, -0.2) is 24.6 Å². The highest BCUT2D eigenvalue weighted by Crippen LogP contribution is 2.09. The molecular weight excluding hydrogens is 268 g/mol. The average Bonchev–Trinajstić information content (AvgIpc) is 2.36. The average molecular weight is 300 g/mol. The van der Waals surface area contributed by atoms with Gasteiger partial charge in [0.05, 0.1) is 12.7 Å². The van der Waals surface area contributed by atoms with Gasteiger partial charge in [-0.1, -0.05) is 52.9 Å². The molecule has 0 N–H and O–H groups in total. The SMILES string of the molecule is CCCCCCCCOC(=O)CC(=O)OC(C)CC(C)C. The molecule has 0 aliphatic rings. The summed E-state index contributed by atoms with van der Waals surface area (Å²) in [4.78, 5) is 23.0. The van der Waals surface area contributed by atoms with Crippen molar-refractivity contribution in [3.8, 4) is 0 Å². The van der Waals surface area contributed by atoms with Crippen molar-refractivity contribution in [2.24, 2.45) is 5.92 Å². The highest BCUT2D eigenvalue weighted by molar-refractivity contribution is 5.91. The van der Waals surface area contributed by atoms with Crippen molar-refractivity contribution < 1.29 is 19.1 Å². The summed E-state index contributed by atoms with van der Waals surface area (Å²) in [6.45, 7) is 8.57. The van der Waals surface area contributed by atoms with Crippen molar-refractivity contribution in [2.75, 3.05) is 6.61 Å². The normalized spacial score (nSPS) is 12.2. The molecule has 0 amide bonds. The van der Waals surface area contributed by atoms with Crippen LogP contribution in [0.1, 0.15) is 79.1 Å². The molecule has 0 aromatic heterocycles. The molecular formula is C17H32O4. The van der Waals surface area contributed by atoms with Crippen molar-refractivity contribution in [1.29, 1.82) is 0 Å². The zero-order valence-electron chi connectivity index (χ0n) is 14.2. The lowest BCUT2D eigenvalue weighted by Gasteiger charge is -2.14. The molecule has 0 bridgehead atoms. The summed E-state index contributed by atoms with van der Waals surface area (Å²) >= 11 is 0. The molecule has 0 fully saturated rings. The molecule has 21 heavy (non-hydrogen) atoms. The van der Waals surface area contributed by atoms with Crippen LogP contribution in [0, 0.1) is 5.92 Å². The number of hydrogen-bond donors (Lipinski definition) is 0. The van der Waals surface area contributed by atoms with Crippen LogP contribution in [0.25, 0.3) is 0 Å². The van der Waals surface area contributed by atoms with E-state index in [-0.39, 0.29) is 12.5 Å². The van der Waals surface area contributed by atoms with Crippen LogP contribution >= 0.6 is 0 Å². The largest absolute Gasteiger partial charge is 0.465 e. The highest BCUT2D eigenvalue weighted by Gasteiger charge is 2.15. The van der Waals surface area contributed by atoms with E-state index >= 15 is 0 Å². The Hall–Kier alpha value is -1.06. The Bertz CT molecular complexity index is 287. The smallest absolute Gasteiger partial charge is 0.317 e. The molecule has 0 aliphatic carbocycles. The van der Waals surface area contributed by atoms with Gasteiger partial charge in [0.25, 0.3) is 0 Å². The summed E-state index contributed by atoms with van der Waals surface area (Å²) in [7, 11) is 0. The minimum absolute atomic E-state index is 0.149. The predicted octanol–water partition coefficient (Wildman–Crippen LogP) is 4.26. The number of rotatable bonds is 12. The van der Waals surface area contributed by atoms with Gasteiger partial charge in [0.15, 0.2) is 0 Å². The van der Waals surface area contributed by atoms with Gasteiger partial charge in [-0.05, 0) is 25.7 Å². The molecule has 0 spiro atoms. The molecule has 0 heterocycles. The van der Waals surface area contributed by atoms with Gasteiger partial charge in [-0.25, -0.2) is 0 Å². The van der Waals surface area contributed by atoms with Crippen LogP contribution in [0.3, 0.4) is 0 Å². The van der Waals surface area contributed by atoms with E-state index in [1.165, 1.54) is 25.7 Å². The minimum atomic E-state index is -0.490. The van der Waals surface area contributed by atoms with Crippen LogP contribution in [0.5, 0.6) is 0 Å². The monoisotopic (exact) mass is 300 g/mol. The highest BCUT2D eigenvalue weighted by atomic mass is 16.6. The number of hydrogen-bond acceptors (Lipinski definition) is 4. The first kappa shape index (κ1) is 19.9. The fraction of sp³-hybridized carbons (Fsp3) is 0.882. The van der Waals surface area contributed by atoms with Crippen molar-refractivity contribution in [1.82, 2.24) is 0 Å². The van der Waals surface area contributed by atoms with Crippen LogP contribution in [0.2, 0.25) is 0 Å². The Morgan fingerprint density at radius 1 is 0.905 bits per heavy atom. The Labute approximate surface area is 129 Å². The standard InChI is InChI=1S/C17H32O4/c1-5-6-7-8-9-10-11-20-16(18)13-17(19)21-15(4)12-14(2)3/h14-15H,5-13H2,1-4H3. The number of ether oxygens (including phenoxy) is 2. The van der Waals surface area contributed by atoms with Gasteiger partial charge in [0.1, 0.15) is 6.42 Å². The summed E-state index contributed by atoms with van der Waals surface area (Å²) in [5.74, 6) is -0.506. The first-order chi connectivity index (χ1) is 9.95. The number of esters is 2. The summed E-state index contributed by atoms with van der Waals surface area (Å²) in [5, 5.41) is 0. The van der Waals surface area contributed by atoms with E-state index in [9.17, 15) is 9.59 Å². The second kappa shape index (κ2) is 12.7. The second-order valence-electron chi connectivity index (χ2n) is 6.10. The van der Waals surface area contributed by atoms with E-state index in [0.29, 0.717) is 12.5 Å². The first-order valence-electron chi connectivity index (χ1n) is 8.30. The van der Waals surface area contributed by atoms with Crippen LogP contribution < -0.4 is 0 Å². The predicted molar refractivity (Wildman–Crippen MR) is 84.0 cm³/mol. The molecule has 1 unspecified atom stereocenters.